The van der Waals surface area contributed by atoms with Gasteiger partial charge in [-0.3, -0.25) is 4.79 Å². The van der Waals surface area contributed by atoms with Gasteiger partial charge in [-0.1, -0.05) is 25.5 Å². The van der Waals surface area contributed by atoms with Gasteiger partial charge in [0.1, 0.15) is 5.60 Å². The predicted molar refractivity (Wildman–Crippen MR) is 93.3 cm³/mol. The van der Waals surface area contributed by atoms with Gasteiger partial charge in [0.15, 0.2) is 5.78 Å². The number of hydrogen-bond donors (Lipinski definition) is 2. The first kappa shape index (κ1) is 16.8. The number of aliphatic hydroxyl groups is 2. The molecule has 0 spiro atoms. The summed E-state index contributed by atoms with van der Waals surface area (Å²) in [6.07, 6.45) is 9.84. The van der Waals surface area contributed by atoms with E-state index in [1.54, 1.807) is 6.92 Å². The monoisotopic (exact) mass is 332 g/mol. The average molecular weight is 332 g/mol. The van der Waals surface area contributed by atoms with Gasteiger partial charge in [-0.15, -0.1) is 0 Å². The highest BCUT2D eigenvalue weighted by molar-refractivity contribution is 5.86. The fourth-order valence-electron chi connectivity index (χ4n) is 7.24. The Morgan fingerprint density at radius 3 is 2.54 bits per heavy atom. The molecule has 3 saturated carbocycles. The van der Waals surface area contributed by atoms with Crippen molar-refractivity contribution in [3.63, 3.8) is 0 Å². The second kappa shape index (κ2) is 5.17. The summed E-state index contributed by atoms with van der Waals surface area (Å²) in [6.45, 7) is 6.16. The van der Waals surface area contributed by atoms with E-state index in [2.05, 4.69) is 19.9 Å². The molecule has 3 heteroatoms. The van der Waals surface area contributed by atoms with E-state index in [1.807, 2.05) is 0 Å². The maximum atomic E-state index is 12.2. The van der Waals surface area contributed by atoms with Gasteiger partial charge in [-0.25, -0.2) is 0 Å². The molecule has 4 aliphatic carbocycles. The molecule has 3 nitrogen and oxygen atoms in total. The second-order valence-corrected chi connectivity index (χ2v) is 9.57. The summed E-state index contributed by atoms with van der Waals surface area (Å²) in [5.74, 6) is 1.65. The first-order valence-corrected chi connectivity index (χ1v) is 9.83. The molecular weight excluding hydrogens is 300 g/mol. The molecule has 0 aromatic carbocycles. The molecule has 4 rings (SSSR count). The van der Waals surface area contributed by atoms with Crippen molar-refractivity contribution >= 4 is 5.78 Å². The van der Waals surface area contributed by atoms with Crippen LogP contribution in [-0.4, -0.2) is 27.7 Å². The van der Waals surface area contributed by atoms with Crippen molar-refractivity contribution in [1.82, 2.24) is 0 Å². The summed E-state index contributed by atoms with van der Waals surface area (Å²) < 4.78 is 0. The lowest BCUT2D eigenvalue weighted by Crippen LogP contribution is -2.56. The van der Waals surface area contributed by atoms with Crippen LogP contribution in [0.15, 0.2) is 11.6 Å². The van der Waals surface area contributed by atoms with Crippen molar-refractivity contribution in [1.29, 1.82) is 0 Å². The number of carbonyl (C=O) groups excluding carboxylic acids is 1. The lowest BCUT2D eigenvalue weighted by atomic mass is 9.47. The Hall–Kier alpha value is -0.670. The zero-order valence-corrected chi connectivity index (χ0v) is 15.3. The van der Waals surface area contributed by atoms with E-state index in [0.717, 1.165) is 44.9 Å². The van der Waals surface area contributed by atoms with Crippen molar-refractivity contribution < 1.29 is 15.0 Å². The Labute approximate surface area is 145 Å². The molecule has 134 valence electrons. The van der Waals surface area contributed by atoms with Crippen LogP contribution in [0, 0.1) is 28.6 Å². The van der Waals surface area contributed by atoms with Crippen LogP contribution in [0.2, 0.25) is 0 Å². The van der Waals surface area contributed by atoms with Gasteiger partial charge in [0.05, 0.1) is 6.10 Å². The largest absolute Gasteiger partial charge is 0.393 e. The van der Waals surface area contributed by atoms with Crippen molar-refractivity contribution in [3.8, 4) is 0 Å². The first-order chi connectivity index (χ1) is 11.2. The van der Waals surface area contributed by atoms with E-state index in [9.17, 15) is 15.0 Å². The van der Waals surface area contributed by atoms with Crippen LogP contribution in [0.5, 0.6) is 0 Å². The predicted octanol–water partition coefficient (Wildman–Crippen LogP) is 3.63. The Bertz CT molecular complexity index is 596. The molecule has 0 bridgehead atoms. The number of fused-ring (bicyclic) bond motifs is 5. The van der Waals surface area contributed by atoms with Crippen LogP contribution in [-0.2, 0) is 4.79 Å². The lowest BCUT2D eigenvalue weighted by Gasteiger charge is -2.58. The highest BCUT2D eigenvalue weighted by Crippen LogP contribution is 2.67. The Morgan fingerprint density at radius 1 is 1.12 bits per heavy atom. The van der Waals surface area contributed by atoms with E-state index in [-0.39, 0.29) is 22.7 Å². The molecule has 0 radical (unpaired) electrons. The SMILES string of the molecule is CC(=O)[C@]1(O)CC[C@H]2[C@@H]3CC=C4C[C@@H](O)CC[C@]4(C)[C@@H]3CC[C@]21C. The normalized spacial score (nSPS) is 53.6. The molecule has 24 heavy (non-hydrogen) atoms. The number of ketones is 1. The molecule has 0 saturated heterocycles. The van der Waals surface area contributed by atoms with Crippen LogP contribution in [0.1, 0.15) is 72.1 Å². The van der Waals surface area contributed by atoms with Gasteiger partial charge in [0, 0.05) is 5.41 Å². The third-order valence-electron chi connectivity index (χ3n) is 8.81. The standard InChI is InChI=1S/C21H32O3/c1-13(22)21(24)11-8-18-16-5-4-14-12-15(23)6-9-19(14,2)17(16)7-10-20(18,21)3/h4,15-18,23-24H,5-12H2,1-3H3/t15-,16+,17+,18-,19-,20+,21+/m0/s1. The van der Waals surface area contributed by atoms with Gasteiger partial charge in [-0.2, -0.15) is 0 Å². The summed E-state index contributed by atoms with van der Waals surface area (Å²) in [5, 5.41) is 21.2. The average Bonchev–Trinajstić information content (AvgIpc) is 2.81. The Kier molecular flexibility index (Phi) is 3.61. The third-order valence-corrected chi connectivity index (χ3v) is 8.81. The van der Waals surface area contributed by atoms with Crippen LogP contribution in [0.3, 0.4) is 0 Å². The van der Waals surface area contributed by atoms with Crippen LogP contribution in [0.25, 0.3) is 0 Å². The minimum Gasteiger partial charge on any atom is -0.393 e. The van der Waals surface area contributed by atoms with E-state index < -0.39 is 5.60 Å². The van der Waals surface area contributed by atoms with Crippen molar-refractivity contribution in [2.24, 2.45) is 28.6 Å². The van der Waals surface area contributed by atoms with Crippen molar-refractivity contribution in [3.05, 3.63) is 11.6 Å². The topological polar surface area (TPSA) is 57.5 Å². The fraction of sp³-hybridized carbons (Fsp3) is 0.857. The third kappa shape index (κ3) is 1.94. The number of allylic oxidation sites excluding steroid dienone is 1. The van der Waals surface area contributed by atoms with Gasteiger partial charge >= 0.3 is 0 Å². The summed E-state index contributed by atoms with van der Waals surface area (Å²) in [5.41, 5.74) is 0.331. The number of Topliss-reactive ketones (excluding diaryl/α,β-unsaturated/α-hetero) is 1. The smallest absolute Gasteiger partial charge is 0.161 e. The second-order valence-electron chi connectivity index (χ2n) is 9.57. The van der Waals surface area contributed by atoms with Crippen molar-refractivity contribution in [2.45, 2.75) is 83.8 Å². The molecular formula is C21H32O3. The van der Waals surface area contributed by atoms with Gasteiger partial charge in [-0.05, 0) is 81.5 Å². The molecule has 2 N–H and O–H groups in total. The molecule has 0 aromatic rings. The van der Waals surface area contributed by atoms with Gasteiger partial charge in [0.25, 0.3) is 0 Å². The minimum atomic E-state index is -1.11. The highest BCUT2D eigenvalue weighted by atomic mass is 16.3. The number of rotatable bonds is 1. The Morgan fingerprint density at radius 2 is 1.83 bits per heavy atom. The zero-order valence-electron chi connectivity index (χ0n) is 15.3. The summed E-state index contributed by atoms with van der Waals surface area (Å²) in [6, 6.07) is 0. The van der Waals surface area contributed by atoms with Gasteiger partial charge in [0.2, 0.25) is 0 Å². The lowest BCUT2D eigenvalue weighted by molar-refractivity contribution is -0.159. The summed E-state index contributed by atoms with van der Waals surface area (Å²) in [7, 11) is 0. The number of hydrogen-bond acceptors (Lipinski definition) is 3. The molecule has 4 aliphatic rings. The van der Waals surface area contributed by atoms with E-state index in [1.165, 1.54) is 5.57 Å². The highest BCUT2D eigenvalue weighted by Gasteiger charge is 2.65. The van der Waals surface area contributed by atoms with E-state index in [4.69, 9.17) is 0 Å². The zero-order chi connectivity index (χ0) is 17.3. The molecule has 0 aromatic heterocycles. The summed E-state index contributed by atoms with van der Waals surface area (Å²) >= 11 is 0. The molecule has 0 unspecified atom stereocenters. The number of aliphatic hydroxyl groups excluding tert-OH is 1. The summed E-state index contributed by atoms with van der Waals surface area (Å²) in [4.78, 5) is 12.2. The van der Waals surface area contributed by atoms with Crippen molar-refractivity contribution in [2.75, 3.05) is 0 Å². The molecule has 0 heterocycles. The number of carbonyl (C=O) groups is 1. The fourth-order valence-corrected chi connectivity index (χ4v) is 7.24. The molecule has 7 atom stereocenters. The molecule has 3 fully saturated rings. The first-order valence-electron chi connectivity index (χ1n) is 9.83. The maximum Gasteiger partial charge on any atom is 0.161 e. The Balaban J connectivity index is 1.69. The minimum absolute atomic E-state index is 0.0370. The molecule has 0 aliphatic heterocycles. The molecule has 0 amide bonds. The van der Waals surface area contributed by atoms with E-state index in [0.29, 0.717) is 24.2 Å². The van der Waals surface area contributed by atoms with Gasteiger partial charge < -0.3 is 10.2 Å². The van der Waals surface area contributed by atoms with Crippen LogP contribution >= 0.6 is 0 Å². The quantitative estimate of drug-likeness (QED) is 0.721. The van der Waals surface area contributed by atoms with Crippen LogP contribution < -0.4 is 0 Å². The van der Waals surface area contributed by atoms with E-state index >= 15 is 0 Å². The maximum absolute atomic E-state index is 12.2. The van der Waals surface area contributed by atoms with Crippen LogP contribution in [0.4, 0.5) is 0 Å².